The number of hydrogen-bond acceptors (Lipinski definition) is 5. The van der Waals surface area contributed by atoms with Crippen molar-refractivity contribution in [3.05, 3.63) is 95.0 Å². The van der Waals surface area contributed by atoms with E-state index in [0.717, 1.165) is 0 Å². The molecule has 0 amide bonds. The summed E-state index contributed by atoms with van der Waals surface area (Å²) in [5.41, 5.74) is 0.725. The zero-order valence-electron chi connectivity index (χ0n) is 19.4. The summed E-state index contributed by atoms with van der Waals surface area (Å²) >= 11 is 0. The quantitative estimate of drug-likeness (QED) is 0.372. The fraction of sp³-hybridized carbons (Fsp3) is 0.231. The average Bonchev–Trinajstić information content (AvgIpc) is 2.87. The molecule has 0 saturated heterocycles. The van der Waals surface area contributed by atoms with Crippen molar-refractivity contribution >= 4 is 20.9 Å². The van der Waals surface area contributed by atoms with Crippen molar-refractivity contribution in [2.45, 2.75) is 31.2 Å². The minimum atomic E-state index is -3.84. The zero-order chi connectivity index (χ0) is 24.3. The first-order valence-corrected chi connectivity index (χ1v) is 12.6. The lowest BCUT2D eigenvalue weighted by atomic mass is 10.2. The third kappa shape index (κ3) is 4.22. The largest absolute Gasteiger partial charge is 0.495 e. The average molecular weight is 478 g/mol. The molecule has 176 valence electrons. The molecule has 0 bridgehead atoms. The number of sulfonamides is 1. The van der Waals surface area contributed by atoms with Crippen LogP contribution in [0.4, 0.5) is 0 Å². The molecular formula is C26H27N3O4S. The molecule has 1 heterocycles. The second-order valence-electron chi connectivity index (χ2n) is 7.90. The van der Waals surface area contributed by atoms with Crippen LogP contribution in [0.2, 0.25) is 0 Å². The molecule has 3 aromatic carbocycles. The van der Waals surface area contributed by atoms with Gasteiger partial charge in [-0.3, -0.25) is 9.36 Å². The van der Waals surface area contributed by atoms with E-state index in [9.17, 15) is 13.2 Å². The van der Waals surface area contributed by atoms with Crippen molar-refractivity contribution in [2.75, 3.05) is 13.7 Å². The van der Waals surface area contributed by atoms with Crippen LogP contribution in [-0.2, 0) is 10.0 Å². The lowest BCUT2D eigenvalue weighted by Gasteiger charge is -2.29. The number of para-hydroxylation sites is 3. The van der Waals surface area contributed by atoms with Gasteiger partial charge >= 0.3 is 0 Å². The second-order valence-corrected chi connectivity index (χ2v) is 9.79. The van der Waals surface area contributed by atoms with Gasteiger partial charge in [0.2, 0.25) is 10.0 Å². The molecular weight excluding hydrogens is 450 g/mol. The number of methoxy groups -OCH3 is 1. The fourth-order valence-corrected chi connectivity index (χ4v) is 5.78. The zero-order valence-corrected chi connectivity index (χ0v) is 20.2. The van der Waals surface area contributed by atoms with E-state index in [1.165, 1.54) is 16.0 Å². The third-order valence-electron chi connectivity index (χ3n) is 5.73. The number of hydrogen-bond donors (Lipinski definition) is 0. The first-order chi connectivity index (χ1) is 16.4. The van der Waals surface area contributed by atoms with E-state index in [-0.39, 0.29) is 17.0 Å². The second kappa shape index (κ2) is 9.79. The van der Waals surface area contributed by atoms with Crippen molar-refractivity contribution in [3.8, 4) is 11.4 Å². The highest BCUT2D eigenvalue weighted by atomic mass is 32.2. The van der Waals surface area contributed by atoms with E-state index in [1.807, 2.05) is 13.0 Å². The summed E-state index contributed by atoms with van der Waals surface area (Å²) in [5.74, 6) is 0.809. The molecule has 0 N–H and O–H groups in total. The number of rotatable bonds is 8. The summed E-state index contributed by atoms with van der Waals surface area (Å²) in [6.45, 7) is 3.95. The maximum absolute atomic E-state index is 13.7. The molecule has 1 atom stereocenters. The Labute approximate surface area is 199 Å². The van der Waals surface area contributed by atoms with Gasteiger partial charge in [0.15, 0.2) is 0 Å². The molecule has 0 aliphatic carbocycles. The van der Waals surface area contributed by atoms with E-state index in [4.69, 9.17) is 9.72 Å². The van der Waals surface area contributed by atoms with Crippen LogP contribution in [0.5, 0.6) is 5.75 Å². The smallest absolute Gasteiger partial charge is 0.266 e. The van der Waals surface area contributed by atoms with Gasteiger partial charge in [0.25, 0.3) is 5.56 Å². The standard InChI is InChI=1S/C26H27N3O4S/c1-4-18-28(34(31,32)20-12-6-5-7-13-20)19(2)25-27-22-15-9-8-14-21(22)26(30)29(25)23-16-10-11-17-24(23)33-3/h5-17,19H,4,18H2,1-3H3. The lowest BCUT2D eigenvalue weighted by Crippen LogP contribution is -2.38. The van der Waals surface area contributed by atoms with Crippen molar-refractivity contribution < 1.29 is 13.2 Å². The van der Waals surface area contributed by atoms with Crippen LogP contribution >= 0.6 is 0 Å². The van der Waals surface area contributed by atoms with Crippen LogP contribution in [-0.4, -0.2) is 35.9 Å². The molecule has 0 fully saturated rings. The van der Waals surface area contributed by atoms with Crippen molar-refractivity contribution in [2.24, 2.45) is 0 Å². The van der Waals surface area contributed by atoms with E-state index >= 15 is 0 Å². The number of benzene rings is 3. The normalized spacial score (nSPS) is 12.7. The Balaban J connectivity index is 1.99. The van der Waals surface area contributed by atoms with Crippen LogP contribution in [0, 0.1) is 0 Å². The molecule has 4 aromatic rings. The van der Waals surface area contributed by atoms with Gasteiger partial charge in [0, 0.05) is 6.54 Å². The van der Waals surface area contributed by atoms with E-state index in [2.05, 4.69) is 0 Å². The molecule has 0 aliphatic rings. The molecule has 4 rings (SSSR count). The van der Waals surface area contributed by atoms with Gasteiger partial charge in [0.05, 0.1) is 34.6 Å². The van der Waals surface area contributed by atoms with Crippen molar-refractivity contribution in [1.29, 1.82) is 0 Å². The third-order valence-corrected chi connectivity index (χ3v) is 7.71. The summed E-state index contributed by atoms with van der Waals surface area (Å²) in [4.78, 5) is 18.7. The lowest BCUT2D eigenvalue weighted by molar-refractivity contribution is 0.326. The first-order valence-electron chi connectivity index (χ1n) is 11.1. The molecule has 8 heteroatoms. The molecule has 1 aromatic heterocycles. The molecule has 1 unspecified atom stereocenters. The topological polar surface area (TPSA) is 81.5 Å². The number of nitrogens with zero attached hydrogens (tertiary/aromatic N) is 3. The Morgan fingerprint density at radius 3 is 2.32 bits per heavy atom. The van der Waals surface area contributed by atoms with Crippen LogP contribution in [0.1, 0.15) is 32.1 Å². The molecule has 0 spiro atoms. The monoisotopic (exact) mass is 477 g/mol. The van der Waals surface area contributed by atoms with Gasteiger partial charge in [0.1, 0.15) is 11.6 Å². The Morgan fingerprint density at radius 1 is 0.971 bits per heavy atom. The summed E-state index contributed by atoms with van der Waals surface area (Å²) in [5, 5.41) is 0.442. The first kappa shape index (κ1) is 23.7. The predicted molar refractivity (Wildman–Crippen MR) is 133 cm³/mol. The van der Waals surface area contributed by atoms with Crippen molar-refractivity contribution in [1.82, 2.24) is 13.9 Å². The molecule has 0 aliphatic heterocycles. The number of aromatic nitrogens is 2. The Hall–Kier alpha value is -3.49. The summed E-state index contributed by atoms with van der Waals surface area (Å²) in [6.07, 6.45) is 0.600. The molecule has 0 saturated carbocycles. The van der Waals surface area contributed by atoms with Gasteiger partial charge in [-0.05, 0) is 49.7 Å². The molecule has 0 radical (unpaired) electrons. The SMILES string of the molecule is CCCN(C(C)c1nc2ccccc2c(=O)n1-c1ccccc1OC)S(=O)(=O)c1ccccc1. The molecule has 34 heavy (non-hydrogen) atoms. The van der Waals surface area contributed by atoms with Crippen molar-refractivity contribution in [3.63, 3.8) is 0 Å². The van der Waals surface area contributed by atoms with Gasteiger partial charge in [-0.1, -0.05) is 49.4 Å². The van der Waals surface area contributed by atoms with Crippen LogP contribution in [0.3, 0.4) is 0 Å². The van der Waals surface area contributed by atoms with Crippen LogP contribution < -0.4 is 10.3 Å². The highest BCUT2D eigenvalue weighted by Crippen LogP contribution is 2.30. The highest BCUT2D eigenvalue weighted by Gasteiger charge is 2.32. The fourth-order valence-electron chi connectivity index (χ4n) is 4.08. The van der Waals surface area contributed by atoms with Crippen LogP contribution in [0.25, 0.3) is 16.6 Å². The van der Waals surface area contributed by atoms with E-state index < -0.39 is 16.1 Å². The minimum Gasteiger partial charge on any atom is -0.495 e. The van der Waals surface area contributed by atoms with Gasteiger partial charge in [-0.15, -0.1) is 0 Å². The predicted octanol–water partition coefficient (Wildman–Crippen LogP) is 4.56. The van der Waals surface area contributed by atoms with Crippen LogP contribution in [0.15, 0.2) is 88.6 Å². The Kier molecular flexibility index (Phi) is 6.81. The Bertz CT molecular complexity index is 1470. The van der Waals surface area contributed by atoms with Gasteiger partial charge < -0.3 is 4.74 Å². The molecule has 7 nitrogen and oxygen atoms in total. The summed E-state index contributed by atoms with van der Waals surface area (Å²) < 4.78 is 35.7. The van der Waals surface area contributed by atoms with Gasteiger partial charge in [-0.2, -0.15) is 4.31 Å². The maximum atomic E-state index is 13.7. The van der Waals surface area contributed by atoms with E-state index in [1.54, 1.807) is 79.7 Å². The summed E-state index contributed by atoms with van der Waals surface area (Å²) in [7, 11) is -2.31. The number of ether oxygens (including phenoxy) is 1. The van der Waals surface area contributed by atoms with E-state index in [0.29, 0.717) is 34.6 Å². The highest BCUT2D eigenvalue weighted by molar-refractivity contribution is 7.89. The number of fused-ring (bicyclic) bond motifs is 1. The van der Waals surface area contributed by atoms with Gasteiger partial charge in [-0.25, -0.2) is 13.4 Å². The summed E-state index contributed by atoms with van der Waals surface area (Å²) in [6, 6.07) is 21.8. The maximum Gasteiger partial charge on any atom is 0.266 e. The minimum absolute atomic E-state index is 0.197. The Morgan fingerprint density at radius 2 is 1.62 bits per heavy atom.